The van der Waals surface area contributed by atoms with Gasteiger partial charge in [-0.25, -0.2) is 17.9 Å². The Morgan fingerprint density at radius 3 is 2.10 bits per heavy atom. The number of carbonyl (C=O) groups is 2. The topological polar surface area (TPSA) is 161 Å². The van der Waals surface area contributed by atoms with Gasteiger partial charge in [-0.3, -0.25) is 19.8 Å². The Morgan fingerprint density at radius 1 is 0.826 bits per heavy atom. The van der Waals surface area contributed by atoms with Crippen molar-refractivity contribution in [1.29, 1.82) is 0 Å². The van der Waals surface area contributed by atoms with Crippen molar-refractivity contribution in [3.8, 4) is 11.1 Å². The number of ether oxygens (including phenoxy) is 1. The quantitative estimate of drug-likeness (QED) is 0.0517. The molecule has 5 aromatic rings. The Bertz CT molecular complexity index is 2670. The number of nitrogens with one attached hydrogen (secondary N) is 2. The maximum absolute atomic E-state index is 13.5. The molecule has 2 fully saturated rings. The molecule has 2 saturated heterocycles. The standard InChI is InChI=1S/C51H61ClN8O7S2/c1-51(2,3)67-50(62)59-31-29-58(30-32-59)43-19-21-46(37-11-15-40(52)16-12-37)39(33-43)35-56-25-27-57(28-26-56)42-17-13-38(14-18-42)49(61)54-69(65,66)45-20-22-47(48(34-45)60(63)64)53-41(23-24-55(4)5)36-68-44-9-7-6-8-10-44/h6-22,33-34,41,53H,23-32,35-36H2,1-5H3,(H,54,61)/t41-/m1/s1. The second kappa shape index (κ2) is 22.7. The average Bonchev–Trinajstić information content (AvgIpc) is 3.32. The molecule has 2 aliphatic rings. The lowest BCUT2D eigenvalue weighted by atomic mass is 9.98. The lowest BCUT2D eigenvalue weighted by Crippen LogP contribution is -2.50. The highest BCUT2D eigenvalue weighted by Gasteiger charge is 2.28. The van der Waals surface area contributed by atoms with E-state index in [1.165, 1.54) is 17.7 Å². The molecule has 69 heavy (non-hydrogen) atoms. The Morgan fingerprint density at radius 2 is 1.46 bits per heavy atom. The lowest BCUT2D eigenvalue weighted by molar-refractivity contribution is -0.384. The van der Waals surface area contributed by atoms with Gasteiger partial charge in [0.15, 0.2) is 0 Å². The first kappa shape index (κ1) is 51.0. The minimum atomic E-state index is -4.47. The van der Waals surface area contributed by atoms with E-state index in [0.29, 0.717) is 43.4 Å². The zero-order valence-corrected chi connectivity index (χ0v) is 42.2. The van der Waals surface area contributed by atoms with Crippen LogP contribution >= 0.6 is 23.4 Å². The molecule has 2 aliphatic heterocycles. The van der Waals surface area contributed by atoms with E-state index in [9.17, 15) is 28.1 Å². The van der Waals surface area contributed by atoms with Gasteiger partial charge in [0.2, 0.25) is 0 Å². The first-order chi connectivity index (χ1) is 32.9. The highest BCUT2D eigenvalue weighted by molar-refractivity contribution is 7.99. The van der Waals surface area contributed by atoms with Crippen molar-refractivity contribution < 1.29 is 27.7 Å². The van der Waals surface area contributed by atoms with Gasteiger partial charge in [0, 0.05) is 104 Å². The largest absolute Gasteiger partial charge is 0.444 e. The molecular formula is C51H61ClN8O7S2. The maximum atomic E-state index is 13.5. The van der Waals surface area contributed by atoms with Gasteiger partial charge in [0.1, 0.15) is 11.3 Å². The van der Waals surface area contributed by atoms with Crippen molar-refractivity contribution >= 4 is 68.1 Å². The molecule has 0 saturated carbocycles. The van der Waals surface area contributed by atoms with E-state index in [1.807, 2.05) is 94.4 Å². The van der Waals surface area contributed by atoms with Gasteiger partial charge in [-0.15, -0.1) is 11.8 Å². The number of piperazine rings is 2. The van der Waals surface area contributed by atoms with Crippen LogP contribution < -0.4 is 19.8 Å². The van der Waals surface area contributed by atoms with Gasteiger partial charge < -0.3 is 29.7 Å². The summed E-state index contributed by atoms with van der Waals surface area (Å²) in [5.41, 5.74) is 4.76. The second-order valence-corrected chi connectivity index (χ2v) is 21.8. The Balaban J connectivity index is 0.964. The molecule has 2 amide bonds. The summed E-state index contributed by atoms with van der Waals surface area (Å²) < 4.78 is 34.7. The SMILES string of the molecule is CN(C)CC[C@H](CSc1ccccc1)Nc1ccc(S(=O)(=O)NC(=O)c2ccc(N3CCN(Cc4cc(N5CCN(C(=O)OC(C)(C)C)CC5)ccc4-c4ccc(Cl)cc4)CC3)cc2)cc1[N+](=O)[O-]. The number of nitrogens with zero attached hydrogens (tertiary/aromatic N) is 6. The molecule has 0 aliphatic carbocycles. The summed E-state index contributed by atoms with van der Waals surface area (Å²) in [4.78, 5) is 49.2. The van der Waals surface area contributed by atoms with Crippen LogP contribution in [0.3, 0.4) is 0 Å². The van der Waals surface area contributed by atoms with E-state index < -0.39 is 37.0 Å². The van der Waals surface area contributed by atoms with Crippen LogP contribution in [0, 0.1) is 10.1 Å². The smallest absolute Gasteiger partial charge is 0.410 e. The number of sulfonamides is 1. The molecule has 2 N–H and O–H groups in total. The van der Waals surface area contributed by atoms with E-state index in [1.54, 1.807) is 40.9 Å². The molecule has 0 aromatic heterocycles. The third kappa shape index (κ3) is 14.1. The fourth-order valence-corrected chi connectivity index (χ4v) is 10.4. The number of amides is 2. The monoisotopic (exact) mass is 996 g/mol. The number of carbonyl (C=O) groups excluding carboxylic acids is 2. The van der Waals surface area contributed by atoms with Crippen molar-refractivity contribution in [1.82, 2.24) is 19.4 Å². The molecule has 0 bridgehead atoms. The number of halogens is 1. The van der Waals surface area contributed by atoms with Crippen LogP contribution in [0.1, 0.15) is 43.1 Å². The molecule has 5 aromatic carbocycles. The van der Waals surface area contributed by atoms with Gasteiger partial charge in [-0.2, -0.15) is 0 Å². The van der Waals surface area contributed by atoms with Gasteiger partial charge in [0.05, 0.1) is 9.82 Å². The Kier molecular flexibility index (Phi) is 16.8. The predicted octanol–water partition coefficient (Wildman–Crippen LogP) is 8.94. The summed E-state index contributed by atoms with van der Waals surface area (Å²) in [7, 11) is -0.556. The third-order valence-electron chi connectivity index (χ3n) is 12.0. The molecule has 0 unspecified atom stereocenters. The summed E-state index contributed by atoms with van der Waals surface area (Å²) >= 11 is 7.89. The van der Waals surface area contributed by atoms with Crippen LogP contribution in [0.4, 0.5) is 27.5 Å². The minimum absolute atomic E-state index is 0.134. The number of nitro benzene ring substituents is 1. The first-order valence-electron chi connectivity index (χ1n) is 23.0. The lowest BCUT2D eigenvalue weighted by Gasteiger charge is -2.38. The van der Waals surface area contributed by atoms with Gasteiger partial charge in [-0.05, 0) is 137 Å². The van der Waals surface area contributed by atoms with Gasteiger partial charge in [0.25, 0.3) is 21.6 Å². The molecule has 7 rings (SSSR count). The third-order valence-corrected chi connectivity index (χ3v) is 14.7. The molecule has 0 spiro atoms. The number of rotatable bonds is 17. The zero-order chi connectivity index (χ0) is 49.3. The molecule has 0 radical (unpaired) electrons. The van der Waals surface area contributed by atoms with E-state index >= 15 is 0 Å². The number of anilines is 3. The molecule has 15 nitrogen and oxygen atoms in total. The molecule has 366 valence electrons. The van der Waals surface area contributed by atoms with E-state index in [4.69, 9.17) is 16.3 Å². The Labute approximate surface area is 414 Å². The highest BCUT2D eigenvalue weighted by atomic mass is 35.5. The van der Waals surface area contributed by atoms with Crippen molar-refractivity contribution in [2.45, 2.75) is 55.2 Å². The molecule has 18 heteroatoms. The molecule has 2 heterocycles. The van der Waals surface area contributed by atoms with Crippen molar-refractivity contribution in [3.05, 3.63) is 142 Å². The van der Waals surface area contributed by atoms with Crippen molar-refractivity contribution in [3.63, 3.8) is 0 Å². The number of thioether (sulfide) groups is 1. The minimum Gasteiger partial charge on any atom is -0.444 e. The summed E-state index contributed by atoms with van der Waals surface area (Å²) in [5.74, 6) is -0.218. The fourth-order valence-electron chi connectivity index (χ4n) is 8.26. The number of benzene rings is 5. The summed E-state index contributed by atoms with van der Waals surface area (Å²) in [6.45, 7) is 12.6. The zero-order valence-electron chi connectivity index (χ0n) is 39.8. The van der Waals surface area contributed by atoms with Crippen LogP contribution in [0.15, 0.2) is 125 Å². The van der Waals surface area contributed by atoms with Crippen molar-refractivity contribution in [2.75, 3.05) is 93.9 Å². The van der Waals surface area contributed by atoms with Gasteiger partial charge >= 0.3 is 6.09 Å². The summed E-state index contributed by atoms with van der Waals surface area (Å²) in [5, 5.41) is 16.2. The first-order valence-corrected chi connectivity index (χ1v) is 25.9. The van der Waals surface area contributed by atoms with E-state index in [2.05, 4.69) is 42.9 Å². The van der Waals surface area contributed by atoms with Crippen LogP contribution in [0.5, 0.6) is 0 Å². The maximum Gasteiger partial charge on any atom is 0.410 e. The highest BCUT2D eigenvalue weighted by Crippen LogP contribution is 2.33. The van der Waals surface area contributed by atoms with Gasteiger partial charge in [-0.1, -0.05) is 48.0 Å². The predicted molar refractivity (Wildman–Crippen MR) is 276 cm³/mol. The van der Waals surface area contributed by atoms with Crippen LogP contribution in [-0.2, 0) is 21.3 Å². The van der Waals surface area contributed by atoms with Crippen LogP contribution in [0.2, 0.25) is 5.02 Å². The number of nitro groups is 1. The second-order valence-electron chi connectivity index (χ2n) is 18.5. The number of hydrogen-bond donors (Lipinski definition) is 2. The van der Waals surface area contributed by atoms with Crippen molar-refractivity contribution in [2.24, 2.45) is 0 Å². The van der Waals surface area contributed by atoms with E-state index in [-0.39, 0.29) is 23.4 Å². The van der Waals surface area contributed by atoms with Crippen LogP contribution in [0.25, 0.3) is 11.1 Å². The Hall–Kier alpha value is -5.85. The molecule has 1 atom stereocenters. The normalized spacial score (nSPS) is 15.2. The summed E-state index contributed by atoms with van der Waals surface area (Å²) in [6, 6.07) is 34.6. The fraction of sp³-hybridized carbons (Fsp3) is 0.373. The average molecular weight is 998 g/mol. The van der Waals surface area contributed by atoms with Crippen LogP contribution in [-0.4, -0.2) is 130 Å². The summed E-state index contributed by atoms with van der Waals surface area (Å²) in [6.07, 6.45) is 0.405. The molecular weight excluding hydrogens is 936 g/mol. The number of hydrogen-bond acceptors (Lipinski definition) is 13. The van der Waals surface area contributed by atoms with E-state index in [0.717, 1.165) is 72.7 Å².